The highest BCUT2D eigenvalue weighted by Gasteiger charge is 2.32. The number of nitrogens with one attached hydrogen (secondary N) is 1. The summed E-state index contributed by atoms with van der Waals surface area (Å²) in [6.07, 6.45) is -2.52. The Bertz CT molecular complexity index is 520. The number of hydrogen-bond donors (Lipinski definition) is 2. The molecule has 130 valence electrons. The Balaban J connectivity index is 0.00000264. The second kappa shape index (κ2) is 8.42. The van der Waals surface area contributed by atoms with Crippen molar-refractivity contribution in [2.45, 2.75) is 18.8 Å². The van der Waals surface area contributed by atoms with Crippen LogP contribution in [0, 0.1) is 0 Å². The molecule has 1 heterocycles. The van der Waals surface area contributed by atoms with Crippen molar-refractivity contribution in [1.82, 2.24) is 10.2 Å². The van der Waals surface area contributed by atoms with Gasteiger partial charge in [0.25, 0.3) is 0 Å². The van der Waals surface area contributed by atoms with Crippen LogP contribution in [0.5, 0.6) is 11.5 Å². The van der Waals surface area contributed by atoms with Gasteiger partial charge in [0.1, 0.15) is 11.5 Å². The highest BCUT2D eigenvalue weighted by molar-refractivity contribution is 5.85. The molecular formula is C15H20ClF3N2O2. The molecule has 1 fully saturated rings. The van der Waals surface area contributed by atoms with Crippen molar-refractivity contribution in [3.8, 4) is 11.5 Å². The first-order chi connectivity index (χ1) is 10.4. The highest BCUT2D eigenvalue weighted by atomic mass is 35.5. The Labute approximate surface area is 139 Å². The fourth-order valence-electron chi connectivity index (χ4n) is 2.62. The van der Waals surface area contributed by atoms with Crippen LogP contribution in [0.4, 0.5) is 13.2 Å². The summed E-state index contributed by atoms with van der Waals surface area (Å²) in [6, 6.07) is 3.36. The van der Waals surface area contributed by atoms with Crippen LogP contribution < -0.4 is 10.1 Å². The number of rotatable bonds is 5. The summed E-state index contributed by atoms with van der Waals surface area (Å²) in [6.45, 7) is 6.80. The van der Waals surface area contributed by atoms with Crippen molar-refractivity contribution in [3.63, 3.8) is 0 Å². The lowest BCUT2D eigenvalue weighted by Gasteiger charge is -2.35. The molecule has 0 saturated carbocycles. The van der Waals surface area contributed by atoms with E-state index >= 15 is 0 Å². The molecule has 0 radical (unpaired) electrons. The first-order valence-electron chi connectivity index (χ1n) is 7.05. The zero-order chi connectivity index (χ0) is 16.2. The van der Waals surface area contributed by atoms with Crippen LogP contribution >= 0.6 is 12.4 Å². The smallest absolute Gasteiger partial charge is 0.508 e. The van der Waals surface area contributed by atoms with E-state index in [9.17, 15) is 18.3 Å². The Hall–Kier alpha value is -1.44. The molecule has 4 nitrogen and oxygen atoms in total. The van der Waals surface area contributed by atoms with Gasteiger partial charge in [-0.15, -0.1) is 32.2 Å². The predicted molar refractivity (Wildman–Crippen MR) is 84.0 cm³/mol. The molecule has 0 unspecified atom stereocenters. The number of benzene rings is 1. The summed E-state index contributed by atoms with van der Waals surface area (Å²) in [5.74, 6) is -0.371. The maximum absolute atomic E-state index is 12.4. The maximum Gasteiger partial charge on any atom is 0.573 e. The molecule has 1 aromatic carbocycles. The van der Waals surface area contributed by atoms with Crippen molar-refractivity contribution in [2.75, 3.05) is 26.2 Å². The van der Waals surface area contributed by atoms with Gasteiger partial charge in [-0.2, -0.15) is 0 Å². The molecule has 1 aromatic rings. The van der Waals surface area contributed by atoms with Crippen molar-refractivity contribution >= 4 is 12.4 Å². The quantitative estimate of drug-likeness (QED) is 0.799. The summed E-state index contributed by atoms with van der Waals surface area (Å²) in [7, 11) is 0. The number of nitrogens with zero attached hydrogens (tertiary/aromatic N) is 1. The van der Waals surface area contributed by atoms with Gasteiger partial charge in [-0.05, 0) is 24.6 Å². The van der Waals surface area contributed by atoms with Gasteiger partial charge in [-0.3, -0.25) is 4.90 Å². The van der Waals surface area contributed by atoms with Gasteiger partial charge in [0.15, 0.2) is 0 Å². The largest absolute Gasteiger partial charge is 0.573 e. The summed E-state index contributed by atoms with van der Waals surface area (Å²) >= 11 is 0. The molecule has 2 N–H and O–H groups in total. The average Bonchev–Trinajstić information content (AvgIpc) is 2.46. The van der Waals surface area contributed by atoms with E-state index in [1.165, 1.54) is 12.1 Å². The van der Waals surface area contributed by atoms with Crippen LogP contribution in [0.3, 0.4) is 0 Å². The molecule has 1 atom stereocenters. The highest BCUT2D eigenvalue weighted by Crippen LogP contribution is 2.35. The van der Waals surface area contributed by atoms with Crippen LogP contribution in [0.25, 0.3) is 0 Å². The lowest BCUT2D eigenvalue weighted by atomic mass is 9.99. The van der Waals surface area contributed by atoms with Crippen LogP contribution in [-0.2, 0) is 0 Å². The van der Waals surface area contributed by atoms with E-state index in [0.29, 0.717) is 12.0 Å². The molecule has 0 aliphatic carbocycles. The van der Waals surface area contributed by atoms with Crippen molar-refractivity contribution in [2.24, 2.45) is 0 Å². The van der Waals surface area contributed by atoms with E-state index in [0.717, 1.165) is 32.2 Å². The average molecular weight is 353 g/mol. The molecule has 1 aliphatic heterocycles. The first kappa shape index (κ1) is 19.6. The standard InChI is InChI=1S/C15H19F3N2O2.ClH/c1-2-3-13(20-8-6-19-7-9-20)12-10-11(4-5-14(12)21)22-15(16,17)18;/h2,4-5,10,13,19,21H,1,3,6-9H2;1H/t13-;/m1./s1. The summed E-state index contributed by atoms with van der Waals surface area (Å²) in [4.78, 5) is 2.12. The van der Waals surface area contributed by atoms with Crippen molar-refractivity contribution < 1.29 is 23.0 Å². The van der Waals surface area contributed by atoms with Gasteiger partial charge in [0, 0.05) is 37.8 Å². The number of phenols is 1. The van der Waals surface area contributed by atoms with E-state index in [-0.39, 0.29) is 29.9 Å². The van der Waals surface area contributed by atoms with E-state index in [2.05, 4.69) is 21.5 Å². The molecule has 0 amide bonds. The molecule has 0 bridgehead atoms. The van der Waals surface area contributed by atoms with Gasteiger partial charge < -0.3 is 15.2 Å². The monoisotopic (exact) mass is 352 g/mol. The lowest BCUT2D eigenvalue weighted by molar-refractivity contribution is -0.274. The molecule has 0 aromatic heterocycles. The lowest BCUT2D eigenvalue weighted by Crippen LogP contribution is -2.45. The van der Waals surface area contributed by atoms with Gasteiger partial charge in [0.05, 0.1) is 0 Å². The number of ether oxygens (including phenoxy) is 1. The molecule has 23 heavy (non-hydrogen) atoms. The third kappa shape index (κ3) is 5.60. The molecule has 1 aliphatic rings. The molecular weight excluding hydrogens is 333 g/mol. The van der Waals surface area contributed by atoms with Crippen molar-refractivity contribution in [1.29, 1.82) is 0 Å². The SMILES string of the molecule is C=CC[C@H](c1cc(OC(F)(F)F)ccc1O)N1CCNCC1.Cl. The fourth-order valence-corrected chi connectivity index (χ4v) is 2.62. The Morgan fingerprint density at radius 3 is 2.57 bits per heavy atom. The third-order valence-electron chi connectivity index (χ3n) is 3.57. The molecule has 8 heteroatoms. The van der Waals surface area contributed by atoms with Gasteiger partial charge >= 0.3 is 6.36 Å². The Morgan fingerprint density at radius 2 is 2.00 bits per heavy atom. The number of phenolic OH excluding ortho intramolecular Hbond substituents is 1. The molecule has 0 spiro atoms. The van der Waals surface area contributed by atoms with E-state index in [4.69, 9.17) is 0 Å². The number of hydrogen-bond acceptors (Lipinski definition) is 4. The van der Waals surface area contributed by atoms with Gasteiger partial charge in [-0.25, -0.2) is 0 Å². The van der Waals surface area contributed by atoms with Gasteiger partial charge in [0.2, 0.25) is 0 Å². The minimum atomic E-state index is -4.75. The summed E-state index contributed by atoms with van der Waals surface area (Å²) in [5.41, 5.74) is 0.420. The van der Waals surface area contributed by atoms with Crippen LogP contribution in [-0.4, -0.2) is 42.5 Å². The van der Waals surface area contributed by atoms with Crippen LogP contribution in [0.1, 0.15) is 18.0 Å². The zero-order valence-electron chi connectivity index (χ0n) is 12.5. The fraction of sp³-hybridized carbons (Fsp3) is 0.467. The second-order valence-corrected chi connectivity index (χ2v) is 5.09. The number of halogens is 4. The molecule has 2 rings (SSSR count). The normalized spacial score (nSPS) is 17.2. The van der Waals surface area contributed by atoms with E-state index < -0.39 is 6.36 Å². The third-order valence-corrected chi connectivity index (χ3v) is 3.57. The number of alkyl halides is 3. The first-order valence-corrected chi connectivity index (χ1v) is 7.05. The van der Waals surface area contributed by atoms with E-state index in [1.54, 1.807) is 6.08 Å². The van der Waals surface area contributed by atoms with Crippen LogP contribution in [0.15, 0.2) is 30.9 Å². The molecule has 1 saturated heterocycles. The number of piperazine rings is 1. The van der Waals surface area contributed by atoms with Crippen LogP contribution in [0.2, 0.25) is 0 Å². The van der Waals surface area contributed by atoms with Gasteiger partial charge in [-0.1, -0.05) is 6.08 Å². The minimum absolute atomic E-state index is 0. The minimum Gasteiger partial charge on any atom is -0.508 e. The Kier molecular flexibility index (Phi) is 7.18. The topological polar surface area (TPSA) is 44.7 Å². The second-order valence-electron chi connectivity index (χ2n) is 5.09. The predicted octanol–water partition coefficient (Wildman–Crippen LogP) is 3.24. The Morgan fingerprint density at radius 1 is 1.35 bits per heavy atom. The van der Waals surface area contributed by atoms with Crippen molar-refractivity contribution in [3.05, 3.63) is 36.4 Å². The maximum atomic E-state index is 12.4. The summed E-state index contributed by atoms with van der Waals surface area (Å²) in [5, 5.41) is 13.3. The summed E-state index contributed by atoms with van der Waals surface area (Å²) < 4.78 is 41.0. The van der Waals surface area contributed by atoms with E-state index in [1.807, 2.05) is 0 Å². The number of aromatic hydroxyl groups is 1. The zero-order valence-corrected chi connectivity index (χ0v) is 13.3.